The summed E-state index contributed by atoms with van der Waals surface area (Å²) < 4.78 is 78.5. The summed E-state index contributed by atoms with van der Waals surface area (Å²) in [5.41, 5.74) is 4.98. The molecule has 0 spiro atoms. The monoisotopic (exact) mass is 566 g/mol. The SMILES string of the molecule is [2H]C1=C([2H])C2C(c3ccc(C4CCCC5CCCCC54)cc3)=c3c([2H])c([2H])c([2H])c([2H])c3=C(c3ccc4oc5ccccc5c4c3)C2C([2H])=C1[2H]. The Balaban J connectivity index is 1.35. The standard InChI is InChI=1S/C42H38O/c1-2-12-31-27(10-1)11-9-18-32(31)28-20-22-29(23-21-28)41-34-14-3-5-16-36(34)42(37-17-6-4-15-35(37)41)30-24-25-40-38(26-30)33-13-7-8-19-39(33)43-40/h3-8,13-17,19-27,31-32,34,36H,1-2,9-12,18H2/i3D,4D,5D,6D,14D,15D,16D,17D. The summed E-state index contributed by atoms with van der Waals surface area (Å²) in [6, 6.07) is 19.6. The van der Waals surface area contributed by atoms with Gasteiger partial charge in [-0.1, -0.05) is 129 Å². The van der Waals surface area contributed by atoms with E-state index in [1.54, 1.807) is 0 Å². The van der Waals surface area contributed by atoms with Crippen LogP contribution < -0.4 is 10.4 Å². The van der Waals surface area contributed by atoms with E-state index in [0.29, 0.717) is 50.5 Å². The van der Waals surface area contributed by atoms with Crippen LogP contribution in [0.25, 0.3) is 33.1 Å². The topological polar surface area (TPSA) is 13.1 Å². The largest absolute Gasteiger partial charge is 0.456 e. The molecule has 0 aliphatic heterocycles. The molecule has 1 heteroatoms. The number of allylic oxidation sites excluding steroid dienone is 4. The average molecular weight is 567 g/mol. The van der Waals surface area contributed by atoms with Crippen molar-refractivity contribution in [1.29, 1.82) is 0 Å². The quantitative estimate of drug-likeness (QED) is 0.212. The van der Waals surface area contributed by atoms with Gasteiger partial charge in [-0.15, -0.1) is 0 Å². The maximum absolute atomic E-state index is 9.35. The van der Waals surface area contributed by atoms with Crippen LogP contribution >= 0.6 is 0 Å². The zero-order valence-electron chi connectivity index (χ0n) is 32.1. The fourth-order valence-corrected chi connectivity index (χ4v) is 8.70. The van der Waals surface area contributed by atoms with Crippen molar-refractivity contribution in [3.8, 4) is 0 Å². The first-order valence-corrected chi connectivity index (χ1v) is 15.9. The van der Waals surface area contributed by atoms with Gasteiger partial charge in [0, 0.05) is 22.6 Å². The van der Waals surface area contributed by atoms with Gasteiger partial charge in [-0.25, -0.2) is 0 Å². The van der Waals surface area contributed by atoms with E-state index in [2.05, 4.69) is 12.1 Å². The third-order valence-corrected chi connectivity index (χ3v) is 10.6. The molecule has 5 atom stereocenters. The van der Waals surface area contributed by atoms with Crippen molar-refractivity contribution in [2.45, 2.75) is 50.9 Å². The number of fused-ring (bicyclic) bond motifs is 6. The minimum Gasteiger partial charge on any atom is -0.456 e. The normalized spacial score (nSPS) is 29.9. The van der Waals surface area contributed by atoms with Gasteiger partial charge in [-0.05, 0) is 87.1 Å². The first-order chi connectivity index (χ1) is 24.7. The Kier molecular flexibility index (Phi) is 4.43. The summed E-state index contributed by atoms with van der Waals surface area (Å²) in [6.07, 6.45) is 8.86. The zero-order valence-corrected chi connectivity index (χ0v) is 24.1. The summed E-state index contributed by atoms with van der Waals surface area (Å²) in [5.74, 6) is 0.115. The van der Waals surface area contributed by atoms with Gasteiger partial charge in [-0.2, -0.15) is 0 Å². The lowest BCUT2D eigenvalue weighted by atomic mass is 9.63. The molecular weight excluding hydrogens is 520 g/mol. The minimum atomic E-state index is -0.919. The number of benzene rings is 4. The highest BCUT2D eigenvalue weighted by Crippen LogP contribution is 2.48. The second-order valence-electron chi connectivity index (χ2n) is 12.7. The molecule has 0 radical (unpaired) electrons. The molecule has 212 valence electrons. The number of hydrogen-bond donors (Lipinski definition) is 0. The van der Waals surface area contributed by atoms with E-state index in [-0.39, 0.29) is 53.6 Å². The third kappa shape index (κ3) is 4.12. The fourth-order valence-electron chi connectivity index (χ4n) is 8.70. The molecule has 4 aliphatic carbocycles. The molecule has 4 aliphatic rings. The Hall–Kier alpha value is -4.10. The molecule has 0 saturated heterocycles. The highest BCUT2D eigenvalue weighted by Gasteiger charge is 2.36. The van der Waals surface area contributed by atoms with Crippen LogP contribution in [0.15, 0.2) is 120 Å². The van der Waals surface area contributed by atoms with Crippen LogP contribution in [0.3, 0.4) is 0 Å². The van der Waals surface area contributed by atoms with Crippen LogP contribution in [-0.2, 0) is 0 Å². The van der Waals surface area contributed by atoms with Crippen molar-refractivity contribution >= 4 is 33.1 Å². The van der Waals surface area contributed by atoms with Crippen molar-refractivity contribution in [3.63, 3.8) is 0 Å². The predicted molar refractivity (Wildman–Crippen MR) is 178 cm³/mol. The molecule has 1 heterocycles. The first-order valence-electron chi connectivity index (χ1n) is 19.9. The first kappa shape index (κ1) is 18.5. The van der Waals surface area contributed by atoms with Crippen LogP contribution in [-0.4, -0.2) is 0 Å². The van der Waals surface area contributed by atoms with Crippen LogP contribution in [0.1, 0.15) is 78.5 Å². The maximum Gasteiger partial charge on any atom is 0.135 e. The summed E-state index contributed by atoms with van der Waals surface area (Å²) >= 11 is 0. The molecule has 0 N–H and O–H groups in total. The van der Waals surface area contributed by atoms with E-state index in [4.69, 9.17) is 9.90 Å². The summed E-state index contributed by atoms with van der Waals surface area (Å²) in [4.78, 5) is 0. The van der Waals surface area contributed by atoms with E-state index in [0.717, 1.165) is 23.1 Å². The van der Waals surface area contributed by atoms with Crippen molar-refractivity contribution < 1.29 is 15.4 Å². The Bertz CT molecular complexity index is 2470. The predicted octanol–water partition coefficient (Wildman–Crippen LogP) is 9.43. The van der Waals surface area contributed by atoms with E-state index in [1.165, 1.54) is 44.1 Å². The van der Waals surface area contributed by atoms with E-state index in [1.807, 2.05) is 54.6 Å². The average Bonchev–Trinajstić information content (AvgIpc) is 3.54. The molecule has 5 unspecified atom stereocenters. The van der Waals surface area contributed by atoms with Crippen LogP contribution in [0.4, 0.5) is 0 Å². The molecule has 9 rings (SSSR count). The van der Waals surface area contributed by atoms with Crippen LogP contribution in [0, 0.1) is 23.7 Å². The van der Waals surface area contributed by atoms with Gasteiger partial charge < -0.3 is 4.42 Å². The summed E-state index contributed by atoms with van der Waals surface area (Å²) in [6.45, 7) is 0. The molecule has 4 aromatic carbocycles. The van der Waals surface area contributed by atoms with Gasteiger partial charge in [0.25, 0.3) is 0 Å². The second-order valence-corrected chi connectivity index (χ2v) is 12.7. The zero-order chi connectivity index (χ0) is 35.3. The Morgan fingerprint density at radius 2 is 1.30 bits per heavy atom. The van der Waals surface area contributed by atoms with Crippen molar-refractivity contribution in [3.05, 3.63) is 142 Å². The van der Waals surface area contributed by atoms with E-state index < -0.39 is 11.8 Å². The number of para-hydroxylation sites is 1. The van der Waals surface area contributed by atoms with Crippen molar-refractivity contribution in [1.82, 2.24) is 0 Å². The summed E-state index contributed by atoms with van der Waals surface area (Å²) in [7, 11) is 0. The molecule has 0 amide bonds. The van der Waals surface area contributed by atoms with Crippen LogP contribution in [0.5, 0.6) is 0 Å². The Morgan fingerprint density at radius 1 is 0.628 bits per heavy atom. The van der Waals surface area contributed by atoms with Crippen molar-refractivity contribution in [2.24, 2.45) is 23.7 Å². The molecule has 1 aromatic heterocycles. The van der Waals surface area contributed by atoms with Gasteiger partial charge >= 0.3 is 0 Å². The van der Waals surface area contributed by atoms with E-state index in [9.17, 15) is 5.48 Å². The van der Waals surface area contributed by atoms with Gasteiger partial charge in [0.15, 0.2) is 0 Å². The summed E-state index contributed by atoms with van der Waals surface area (Å²) in [5, 5.41) is 2.29. The third-order valence-electron chi connectivity index (χ3n) is 10.6. The smallest absolute Gasteiger partial charge is 0.135 e. The lowest BCUT2D eigenvalue weighted by Crippen LogP contribution is -2.40. The Morgan fingerprint density at radius 3 is 2.12 bits per heavy atom. The number of rotatable bonds is 3. The number of furan rings is 1. The van der Waals surface area contributed by atoms with Gasteiger partial charge in [0.05, 0.1) is 11.0 Å². The second kappa shape index (κ2) is 10.3. The highest BCUT2D eigenvalue weighted by atomic mass is 16.3. The van der Waals surface area contributed by atoms with Gasteiger partial charge in [0.2, 0.25) is 0 Å². The fraction of sp³-hybridized carbons (Fsp3) is 0.286. The molecule has 1 nitrogen and oxygen atoms in total. The lowest BCUT2D eigenvalue weighted by molar-refractivity contribution is 0.144. The Labute approximate surface area is 265 Å². The molecule has 2 fully saturated rings. The molecule has 0 bridgehead atoms. The van der Waals surface area contributed by atoms with E-state index >= 15 is 0 Å². The minimum absolute atomic E-state index is 0.122. The molecule has 43 heavy (non-hydrogen) atoms. The lowest BCUT2D eigenvalue weighted by Gasteiger charge is -2.41. The molecule has 2 saturated carbocycles. The molecule has 5 aromatic rings. The molecular formula is C42H38O. The van der Waals surface area contributed by atoms with Gasteiger partial charge in [-0.3, -0.25) is 0 Å². The maximum atomic E-state index is 9.35. The van der Waals surface area contributed by atoms with Crippen molar-refractivity contribution in [2.75, 3.05) is 0 Å². The van der Waals surface area contributed by atoms with Gasteiger partial charge in [0.1, 0.15) is 11.2 Å². The number of hydrogen-bond acceptors (Lipinski definition) is 1. The highest BCUT2D eigenvalue weighted by molar-refractivity contribution is 6.06. The van der Waals surface area contributed by atoms with Crippen LogP contribution in [0.2, 0.25) is 0 Å².